The van der Waals surface area contributed by atoms with Crippen molar-refractivity contribution in [2.75, 3.05) is 6.54 Å². The summed E-state index contributed by atoms with van der Waals surface area (Å²) in [4.78, 5) is 22.1. The molecule has 0 spiro atoms. The van der Waals surface area contributed by atoms with Crippen LogP contribution in [0.2, 0.25) is 5.02 Å². The van der Waals surface area contributed by atoms with Crippen LogP contribution in [0.4, 0.5) is 5.69 Å². The van der Waals surface area contributed by atoms with E-state index in [1.54, 1.807) is 0 Å². The van der Waals surface area contributed by atoms with E-state index in [0.717, 1.165) is 0 Å². The second-order valence-electron chi connectivity index (χ2n) is 4.85. The van der Waals surface area contributed by atoms with Crippen LogP contribution in [0.5, 0.6) is 0 Å². The molecular formula is C13H17ClN2O3. The number of non-ortho nitro benzene ring substituents is 1. The fourth-order valence-corrected chi connectivity index (χ4v) is 1.59. The first-order valence-corrected chi connectivity index (χ1v) is 6.43. The standard InChI is InChI=1S/C13H17ClN2O3/c1-8(2)9(3)7-15-13(17)11-6-10(16(18)19)4-5-12(11)14/h4-6,8-9H,7H2,1-3H3,(H,15,17). The third-order valence-corrected chi connectivity index (χ3v) is 3.46. The second-order valence-corrected chi connectivity index (χ2v) is 5.26. The molecule has 104 valence electrons. The predicted molar refractivity (Wildman–Crippen MR) is 74.4 cm³/mol. The normalized spacial score (nSPS) is 12.3. The molecule has 0 aliphatic rings. The van der Waals surface area contributed by atoms with Crippen LogP contribution in [-0.2, 0) is 0 Å². The fraction of sp³-hybridized carbons (Fsp3) is 0.462. The molecule has 0 aliphatic carbocycles. The number of benzene rings is 1. The van der Waals surface area contributed by atoms with E-state index in [1.807, 2.05) is 6.92 Å². The van der Waals surface area contributed by atoms with E-state index in [9.17, 15) is 14.9 Å². The van der Waals surface area contributed by atoms with Crippen LogP contribution in [0.15, 0.2) is 18.2 Å². The Bertz CT molecular complexity index is 489. The minimum Gasteiger partial charge on any atom is -0.352 e. The number of carbonyl (C=O) groups is 1. The maximum absolute atomic E-state index is 11.9. The molecule has 0 fully saturated rings. The van der Waals surface area contributed by atoms with Crippen molar-refractivity contribution in [3.05, 3.63) is 38.9 Å². The Kier molecular flexibility index (Phi) is 5.30. The highest BCUT2D eigenvalue weighted by Crippen LogP contribution is 2.22. The molecule has 6 heteroatoms. The maximum atomic E-state index is 11.9. The molecule has 1 unspecified atom stereocenters. The Hall–Kier alpha value is -1.62. The summed E-state index contributed by atoms with van der Waals surface area (Å²) >= 11 is 5.89. The topological polar surface area (TPSA) is 72.2 Å². The van der Waals surface area contributed by atoms with Crippen molar-refractivity contribution in [1.29, 1.82) is 0 Å². The monoisotopic (exact) mass is 284 g/mol. The molecule has 1 atom stereocenters. The third kappa shape index (κ3) is 4.21. The number of halogens is 1. The number of nitrogens with one attached hydrogen (secondary N) is 1. The lowest BCUT2D eigenvalue weighted by Gasteiger charge is -2.16. The number of nitro benzene ring substituents is 1. The largest absolute Gasteiger partial charge is 0.352 e. The van der Waals surface area contributed by atoms with Gasteiger partial charge in [-0.05, 0) is 17.9 Å². The molecule has 0 aliphatic heterocycles. The highest BCUT2D eigenvalue weighted by atomic mass is 35.5. The maximum Gasteiger partial charge on any atom is 0.270 e. The number of hydrogen-bond donors (Lipinski definition) is 1. The van der Waals surface area contributed by atoms with Gasteiger partial charge in [0.25, 0.3) is 11.6 Å². The van der Waals surface area contributed by atoms with Gasteiger partial charge in [0.2, 0.25) is 0 Å². The molecule has 0 saturated heterocycles. The molecule has 1 amide bonds. The van der Waals surface area contributed by atoms with E-state index in [0.29, 0.717) is 18.4 Å². The van der Waals surface area contributed by atoms with Crippen molar-refractivity contribution in [3.8, 4) is 0 Å². The van der Waals surface area contributed by atoms with Crippen molar-refractivity contribution in [3.63, 3.8) is 0 Å². The van der Waals surface area contributed by atoms with Crippen LogP contribution >= 0.6 is 11.6 Å². The van der Waals surface area contributed by atoms with Crippen LogP contribution in [0, 0.1) is 22.0 Å². The fourth-order valence-electron chi connectivity index (χ4n) is 1.39. The number of carbonyl (C=O) groups excluding carboxylic acids is 1. The third-order valence-electron chi connectivity index (χ3n) is 3.13. The summed E-state index contributed by atoms with van der Waals surface area (Å²) in [5.41, 5.74) is -0.0155. The molecule has 0 bridgehead atoms. The lowest BCUT2D eigenvalue weighted by Crippen LogP contribution is -2.30. The van der Waals surface area contributed by atoms with Crippen LogP contribution in [0.1, 0.15) is 31.1 Å². The summed E-state index contributed by atoms with van der Waals surface area (Å²) in [6, 6.07) is 3.83. The Morgan fingerprint density at radius 2 is 2.05 bits per heavy atom. The Morgan fingerprint density at radius 3 is 2.58 bits per heavy atom. The predicted octanol–water partition coefficient (Wildman–Crippen LogP) is 3.27. The van der Waals surface area contributed by atoms with Gasteiger partial charge in [-0.25, -0.2) is 0 Å². The first-order valence-electron chi connectivity index (χ1n) is 6.05. The van der Waals surface area contributed by atoms with E-state index >= 15 is 0 Å². The average Bonchev–Trinajstić information content (AvgIpc) is 2.35. The van der Waals surface area contributed by atoms with Crippen molar-refractivity contribution in [2.45, 2.75) is 20.8 Å². The first kappa shape index (κ1) is 15.4. The molecule has 5 nitrogen and oxygen atoms in total. The zero-order valence-electron chi connectivity index (χ0n) is 11.1. The number of nitro groups is 1. The molecule has 1 aromatic carbocycles. The van der Waals surface area contributed by atoms with Crippen molar-refractivity contribution < 1.29 is 9.72 Å². The van der Waals surface area contributed by atoms with Gasteiger partial charge in [-0.1, -0.05) is 32.4 Å². The van der Waals surface area contributed by atoms with Crippen LogP contribution < -0.4 is 5.32 Å². The first-order chi connectivity index (χ1) is 8.82. The molecule has 1 aromatic rings. The number of nitrogens with zero attached hydrogens (tertiary/aromatic N) is 1. The molecular weight excluding hydrogens is 268 g/mol. The second kappa shape index (κ2) is 6.52. The Morgan fingerprint density at radius 1 is 1.42 bits per heavy atom. The van der Waals surface area contributed by atoms with E-state index in [2.05, 4.69) is 19.2 Å². The molecule has 0 aromatic heterocycles. The van der Waals surface area contributed by atoms with Gasteiger partial charge in [-0.3, -0.25) is 14.9 Å². The van der Waals surface area contributed by atoms with Crippen molar-refractivity contribution in [1.82, 2.24) is 5.32 Å². The van der Waals surface area contributed by atoms with E-state index in [-0.39, 0.29) is 22.2 Å². The summed E-state index contributed by atoms with van der Waals surface area (Å²) in [5.74, 6) is 0.378. The van der Waals surface area contributed by atoms with Gasteiger partial charge in [0.05, 0.1) is 15.5 Å². The van der Waals surface area contributed by atoms with E-state index < -0.39 is 4.92 Å². The molecule has 0 heterocycles. The van der Waals surface area contributed by atoms with E-state index in [1.165, 1.54) is 18.2 Å². The van der Waals surface area contributed by atoms with Crippen molar-refractivity contribution >= 4 is 23.2 Å². The van der Waals surface area contributed by atoms with Gasteiger partial charge in [-0.15, -0.1) is 0 Å². The van der Waals surface area contributed by atoms with Crippen molar-refractivity contribution in [2.24, 2.45) is 11.8 Å². The van der Waals surface area contributed by atoms with Crippen LogP contribution in [0.3, 0.4) is 0 Å². The zero-order valence-corrected chi connectivity index (χ0v) is 11.9. The number of rotatable bonds is 5. The summed E-state index contributed by atoms with van der Waals surface area (Å²) in [5, 5.41) is 13.6. The Labute approximate surface area is 117 Å². The summed E-state index contributed by atoms with van der Waals surface area (Å²) in [6.45, 7) is 6.67. The minimum atomic E-state index is -0.552. The van der Waals surface area contributed by atoms with E-state index in [4.69, 9.17) is 11.6 Å². The van der Waals surface area contributed by atoms with Gasteiger partial charge < -0.3 is 5.32 Å². The van der Waals surface area contributed by atoms with Gasteiger partial charge >= 0.3 is 0 Å². The summed E-state index contributed by atoms with van der Waals surface area (Å²) in [6.07, 6.45) is 0. The molecule has 0 radical (unpaired) electrons. The lowest BCUT2D eigenvalue weighted by atomic mass is 9.98. The highest BCUT2D eigenvalue weighted by molar-refractivity contribution is 6.33. The smallest absolute Gasteiger partial charge is 0.270 e. The number of hydrogen-bond acceptors (Lipinski definition) is 3. The molecule has 19 heavy (non-hydrogen) atoms. The van der Waals surface area contributed by atoms with Gasteiger partial charge in [0, 0.05) is 18.7 Å². The lowest BCUT2D eigenvalue weighted by molar-refractivity contribution is -0.384. The van der Waals surface area contributed by atoms with Crippen LogP contribution in [-0.4, -0.2) is 17.4 Å². The van der Waals surface area contributed by atoms with Crippen LogP contribution in [0.25, 0.3) is 0 Å². The minimum absolute atomic E-state index is 0.131. The SMILES string of the molecule is CC(C)C(C)CNC(=O)c1cc([N+](=O)[O-])ccc1Cl. The van der Waals surface area contributed by atoms with Gasteiger partial charge in [0.1, 0.15) is 0 Å². The quantitative estimate of drug-likeness (QED) is 0.666. The Balaban J connectivity index is 2.82. The van der Waals surface area contributed by atoms with Gasteiger partial charge in [-0.2, -0.15) is 0 Å². The highest BCUT2D eigenvalue weighted by Gasteiger charge is 2.16. The number of amides is 1. The summed E-state index contributed by atoms with van der Waals surface area (Å²) < 4.78 is 0. The average molecular weight is 285 g/mol. The summed E-state index contributed by atoms with van der Waals surface area (Å²) in [7, 11) is 0. The molecule has 0 saturated carbocycles. The molecule has 1 N–H and O–H groups in total. The zero-order chi connectivity index (χ0) is 14.6. The van der Waals surface area contributed by atoms with Gasteiger partial charge in [0.15, 0.2) is 0 Å². The molecule has 1 rings (SSSR count).